The molecular weight excluding hydrogens is 212 g/mol. The van der Waals surface area contributed by atoms with Crippen molar-refractivity contribution in [2.45, 2.75) is 83.8 Å². The third-order valence-electron chi connectivity index (χ3n) is 3.64. The van der Waals surface area contributed by atoms with Crippen molar-refractivity contribution in [3.05, 3.63) is 0 Å². The summed E-state index contributed by atoms with van der Waals surface area (Å²) in [5.74, 6) is -0.208. The van der Waals surface area contributed by atoms with E-state index in [1.165, 1.54) is 51.4 Å². The highest BCUT2D eigenvalue weighted by atomic mass is 16.7. The zero-order chi connectivity index (χ0) is 12.4. The Kier molecular flexibility index (Phi) is 7.87. The smallest absolute Gasteiger partial charge is 0.168 e. The average Bonchev–Trinajstić information content (AvgIpc) is 2.80. The van der Waals surface area contributed by atoms with Gasteiger partial charge < -0.3 is 9.47 Å². The van der Waals surface area contributed by atoms with Crippen LogP contribution in [0.1, 0.15) is 78.1 Å². The largest absolute Gasteiger partial charge is 0.348 e. The fourth-order valence-corrected chi connectivity index (χ4v) is 2.53. The second kappa shape index (κ2) is 8.93. The third-order valence-corrected chi connectivity index (χ3v) is 3.64. The van der Waals surface area contributed by atoms with Crippen molar-refractivity contribution in [3.63, 3.8) is 0 Å². The van der Waals surface area contributed by atoms with E-state index in [9.17, 15) is 0 Å². The van der Waals surface area contributed by atoms with Crippen LogP contribution in [0.3, 0.4) is 0 Å². The van der Waals surface area contributed by atoms with Crippen molar-refractivity contribution in [3.8, 4) is 0 Å². The monoisotopic (exact) mass is 242 g/mol. The van der Waals surface area contributed by atoms with Gasteiger partial charge in [0.1, 0.15) is 0 Å². The van der Waals surface area contributed by atoms with Crippen molar-refractivity contribution in [2.75, 3.05) is 13.2 Å². The van der Waals surface area contributed by atoms with Gasteiger partial charge in [-0.25, -0.2) is 0 Å². The second-order valence-corrected chi connectivity index (χ2v) is 5.23. The van der Waals surface area contributed by atoms with E-state index in [2.05, 4.69) is 13.8 Å². The first-order valence-corrected chi connectivity index (χ1v) is 7.61. The Morgan fingerprint density at radius 2 is 1.24 bits per heavy atom. The van der Waals surface area contributed by atoms with Crippen LogP contribution in [0.5, 0.6) is 0 Å². The van der Waals surface area contributed by atoms with Crippen LogP contribution in [0.15, 0.2) is 0 Å². The predicted octanol–water partition coefficient (Wildman–Crippen LogP) is 4.67. The lowest BCUT2D eigenvalue weighted by atomic mass is 10.0. The number of hydrogen-bond donors (Lipinski definition) is 0. The highest BCUT2D eigenvalue weighted by molar-refractivity contribution is 4.74. The molecule has 1 rings (SSSR count). The molecule has 0 unspecified atom stereocenters. The minimum absolute atomic E-state index is 0.208. The van der Waals surface area contributed by atoms with Crippen molar-refractivity contribution in [1.29, 1.82) is 0 Å². The fourth-order valence-electron chi connectivity index (χ4n) is 2.53. The van der Waals surface area contributed by atoms with E-state index in [0.29, 0.717) is 0 Å². The first-order chi connectivity index (χ1) is 8.33. The molecule has 2 heteroatoms. The van der Waals surface area contributed by atoms with Crippen LogP contribution >= 0.6 is 0 Å². The maximum atomic E-state index is 5.85. The van der Waals surface area contributed by atoms with Crippen LogP contribution < -0.4 is 0 Å². The van der Waals surface area contributed by atoms with Gasteiger partial charge in [0.15, 0.2) is 5.79 Å². The lowest BCUT2D eigenvalue weighted by Crippen LogP contribution is -2.29. The summed E-state index contributed by atoms with van der Waals surface area (Å²) < 4.78 is 11.7. The van der Waals surface area contributed by atoms with Crippen LogP contribution in [0, 0.1) is 0 Å². The van der Waals surface area contributed by atoms with Gasteiger partial charge in [-0.05, 0) is 12.8 Å². The fraction of sp³-hybridized carbons (Fsp3) is 1.00. The van der Waals surface area contributed by atoms with E-state index in [-0.39, 0.29) is 5.79 Å². The van der Waals surface area contributed by atoms with E-state index in [1.807, 2.05) is 0 Å². The van der Waals surface area contributed by atoms with Gasteiger partial charge in [0, 0.05) is 12.8 Å². The topological polar surface area (TPSA) is 18.5 Å². The van der Waals surface area contributed by atoms with Crippen LogP contribution in [-0.4, -0.2) is 19.0 Å². The van der Waals surface area contributed by atoms with Gasteiger partial charge >= 0.3 is 0 Å². The standard InChI is InChI=1S/C15H30O2/c1-3-5-7-8-9-10-12-15(11-6-4-2)16-13-14-17-15/h3-14H2,1-2H3. The molecule has 17 heavy (non-hydrogen) atoms. The molecule has 0 aliphatic carbocycles. The molecule has 1 saturated heterocycles. The summed E-state index contributed by atoms with van der Waals surface area (Å²) in [5.41, 5.74) is 0. The Hall–Kier alpha value is -0.0800. The molecule has 0 saturated carbocycles. The lowest BCUT2D eigenvalue weighted by Gasteiger charge is -2.27. The van der Waals surface area contributed by atoms with Gasteiger partial charge in [0.2, 0.25) is 0 Å². The normalized spacial score (nSPS) is 18.7. The molecule has 0 bridgehead atoms. The molecule has 102 valence electrons. The van der Waals surface area contributed by atoms with Gasteiger partial charge in [-0.2, -0.15) is 0 Å². The molecule has 0 radical (unpaired) electrons. The molecule has 0 spiro atoms. The molecule has 2 nitrogen and oxygen atoms in total. The van der Waals surface area contributed by atoms with Crippen LogP contribution in [0.4, 0.5) is 0 Å². The molecule has 0 N–H and O–H groups in total. The van der Waals surface area contributed by atoms with Gasteiger partial charge in [-0.1, -0.05) is 52.4 Å². The highest BCUT2D eigenvalue weighted by Gasteiger charge is 2.34. The van der Waals surface area contributed by atoms with E-state index in [0.717, 1.165) is 26.1 Å². The Labute approximate surface area is 107 Å². The van der Waals surface area contributed by atoms with E-state index >= 15 is 0 Å². The number of ether oxygens (including phenoxy) is 2. The SMILES string of the molecule is CCCCCCCCC1(CCCC)OCCO1. The molecule has 0 aromatic carbocycles. The van der Waals surface area contributed by atoms with Crippen molar-refractivity contribution < 1.29 is 9.47 Å². The molecule has 0 aromatic heterocycles. The minimum atomic E-state index is -0.208. The summed E-state index contributed by atoms with van der Waals surface area (Å²) in [6.45, 7) is 6.08. The van der Waals surface area contributed by atoms with Crippen LogP contribution in [0.2, 0.25) is 0 Å². The molecule has 1 heterocycles. The van der Waals surface area contributed by atoms with Crippen LogP contribution in [0.25, 0.3) is 0 Å². The molecule has 1 fully saturated rings. The molecule has 0 aromatic rings. The maximum Gasteiger partial charge on any atom is 0.168 e. The van der Waals surface area contributed by atoms with Crippen molar-refractivity contribution in [2.24, 2.45) is 0 Å². The summed E-state index contributed by atoms with van der Waals surface area (Å²) in [6.07, 6.45) is 12.7. The highest BCUT2D eigenvalue weighted by Crippen LogP contribution is 2.31. The Bertz CT molecular complexity index is 174. The number of unbranched alkanes of at least 4 members (excludes halogenated alkanes) is 6. The Morgan fingerprint density at radius 1 is 0.706 bits per heavy atom. The Balaban J connectivity index is 2.12. The summed E-state index contributed by atoms with van der Waals surface area (Å²) >= 11 is 0. The predicted molar refractivity (Wildman–Crippen MR) is 72.2 cm³/mol. The zero-order valence-electron chi connectivity index (χ0n) is 11.8. The van der Waals surface area contributed by atoms with E-state index in [1.54, 1.807) is 0 Å². The minimum Gasteiger partial charge on any atom is -0.348 e. The van der Waals surface area contributed by atoms with Gasteiger partial charge in [0.05, 0.1) is 13.2 Å². The Morgan fingerprint density at radius 3 is 1.88 bits per heavy atom. The third kappa shape index (κ3) is 5.87. The average molecular weight is 242 g/mol. The van der Waals surface area contributed by atoms with E-state index < -0.39 is 0 Å². The molecule has 1 aliphatic heterocycles. The summed E-state index contributed by atoms with van der Waals surface area (Å²) in [4.78, 5) is 0. The zero-order valence-corrected chi connectivity index (χ0v) is 11.8. The van der Waals surface area contributed by atoms with Crippen molar-refractivity contribution in [1.82, 2.24) is 0 Å². The van der Waals surface area contributed by atoms with Crippen molar-refractivity contribution >= 4 is 0 Å². The quantitative estimate of drug-likeness (QED) is 0.518. The first kappa shape index (κ1) is 15.0. The molecule has 0 atom stereocenters. The molecule has 1 aliphatic rings. The van der Waals surface area contributed by atoms with Crippen LogP contribution in [-0.2, 0) is 9.47 Å². The molecular formula is C15H30O2. The number of rotatable bonds is 10. The second-order valence-electron chi connectivity index (χ2n) is 5.23. The first-order valence-electron chi connectivity index (χ1n) is 7.61. The summed E-state index contributed by atoms with van der Waals surface area (Å²) in [6, 6.07) is 0. The molecule has 0 amide bonds. The summed E-state index contributed by atoms with van der Waals surface area (Å²) in [5, 5.41) is 0. The summed E-state index contributed by atoms with van der Waals surface area (Å²) in [7, 11) is 0. The van der Waals surface area contributed by atoms with E-state index in [4.69, 9.17) is 9.47 Å². The maximum absolute atomic E-state index is 5.85. The van der Waals surface area contributed by atoms with Gasteiger partial charge in [-0.15, -0.1) is 0 Å². The lowest BCUT2D eigenvalue weighted by molar-refractivity contribution is -0.168. The van der Waals surface area contributed by atoms with Gasteiger partial charge in [-0.3, -0.25) is 0 Å². The van der Waals surface area contributed by atoms with Gasteiger partial charge in [0.25, 0.3) is 0 Å². The number of hydrogen-bond acceptors (Lipinski definition) is 2.